The van der Waals surface area contributed by atoms with E-state index in [2.05, 4.69) is 31.9 Å². The van der Waals surface area contributed by atoms with Crippen LogP contribution in [-0.4, -0.2) is 172 Å². The number of nitrogens with one attached hydrogen (secondary N) is 6. The zero-order valence-corrected chi connectivity index (χ0v) is 41.4. The van der Waals surface area contributed by atoms with Crippen molar-refractivity contribution in [3.05, 3.63) is 0 Å². The highest BCUT2D eigenvalue weighted by Gasteiger charge is 2.22. The molecule has 23 nitrogen and oxygen atoms in total. The molecule has 0 fully saturated rings. The van der Waals surface area contributed by atoms with E-state index in [4.69, 9.17) is 29.2 Å². The molecule has 3 atom stereocenters. The van der Waals surface area contributed by atoms with Gasteiger partial charge in [-0.2, -0.15) is 0 Å². The van der Waals surface area contributed by atoms with Gasteiger partial charge >= 0.3 is 23.9 Å². The maximum absolute atomic E-state index is 12.3. The van der Waals surface area contributed by atoms with Gasteiger partial charge in [0.05, 0.1) is 39.6 Å². The maximum Gasteiger partial charge on any atom is 0.326 e. The van der Waals surface area contributed by atoms with Crippen LogP contribution < -0.4 is 31.9 Å². The molecule has 0 rings (SSSR count). The van der Waals surface area contributed by atoms with Crippen LogP contribution in [0.15, 0.2) is 0 Å². The first-order chi connectivity index (χ1) is 33.7. The predicted octanol–water partition coefficient (Wildman–Crippen LogP) is 2.27. The minimum Gasteiger partial charge on any atom is -0.481 e. The zero-order chi connectivity index (χ0) is 52.0. The second-order valence-electron chi connectivity index (χ2n) is 16.9. The lowest BCUT2D eigenvalue weighted by atomic mass is 10.0. The second-order valence-corrected chi connectivity index (χ2v) is 16.9. The molecule has 10 N–H and O–H groups in total. The van der Waals surface area contributed by atoms with Crippen LogP contribution in [-0.2, 0) is 62.1 Å². The molecule has 0 aromatic heterocycles. The van der Waals surface area contributed by atoms with Crippen LogP contribution in [0.25, 0.3) is 0 Å². The number of hydrogen-bond donors (Lipinski definition) is 10. The van der Waals surface area contributed by atoms with Gasteiger partial charge in [0.1, 0.15) is 31.3 Å². The Balaban J connectivity index is 3.80. The summed E-state index contributed by atoms with van der Waals surface area (Å²) >= 11 is 0. The standard InChI is InChI=1S/C47H84N6O17/c1-48-36(45(61)62)18-16-17-25-49-39(54)23-22-38(47(65)66)53-43(58)35-70-33-31-68-29-27-51-42(57)34-69-32-30-67-28-26-50-40(55)24-21-37(46(63)64)52-41(56)19-14-12-10-8-6-4-2-3-5-7-9-11-13-15-20-44(59)60/h36-38,48H,2-35H2,1H3,(H,49,54)(H,50,55)(H,51,57)(H,52,56)(H,53,58)(H,59,60)(H,61,62)(H,63,64)(H,65,66)/t36-,37-,38-/m0/s1. The van der Waals surface area contributed by atoms with Gasteiger partial charge in [0.25, 0.3) is 0 Å². The number of amides is 5. The molecular weight excluding hydrogens is 921 g/mol. The van der Waals surface area contributed by atoms with Crippen molar-refractivity contribution in [2.24, 2.45) is 0 Å². The fourth-order valence-corrected chi connectivity index (χ4v) is 6.87. The molecule has 0 aromatic carbocycles. The van der Waals surface area contributed by atoms with Crippen molar-refractivity contribution in [1.29, 1.82) is 0 Å². The molecule has 404 valence electrons. The number of carboxylic acids is 4. The summed E-state index contributed by atoms with van der Waals surface area (Å²) in [4.78, 5) is 106. The largest absolute Gasteiger partial charge is 0.481 e. The van der Waals surface area contributed by atoms with Crippen LogP contribution in [0.4, 0.5) is 0 Å². The van der Waals surface area contributed by atoms with Gasteiger partial charge in [0.2, 0.25) is 29.5 Å². The van der Waals surface area contributed by atoms with E-state index in [0.29, 0.717) is 32.2 Å². The lowest BCUT2D eigenvalue weighted by Gasteiger charge is -2.15. The van der Waals surface area contributed by atoms with Crippen LogP contribution >= 0.6 is 0 Å². The smallest absolute Gasteiger partial charge is 0.326 e. The van der Waals surface area contributed by atoms with Crippen LogP contribution in [0, 0.1) is 0 Å². The fraction of sp³-hybridized carbons (Fsp3) is 0.809. The van der Waals surface area contributed by atoms with Gasteiger partial charge < -0.3 is 71.3 Å². The summed E-state index contributed by atoms with van der Waals surface area (Å²) in [6.07, 6.45) is 16.5. The first kappa shape index (κ1) is 65.0. The van der Waals surface area contributed by atoms with Crippen molar-refractivity contribution in [3.8, 4) is 0 Å². The zero-order valence-electron chi connectivity index (χ0n) is 41.4. The van der Waals surface area contributed by atoms with E-state index >= 15 is 0 Å². The number of likely N-dealkylation sites (N-methyl/N-ethyl adjacent to an activating group) is 1. The molecule has 0 aromatic rings. The summed E-state index contributed by atoms with van der Waals surface area (Å²) in [5, 5.41) is 52.0. The maximum atomic E-state index is 12.3. The molecule has 0 aliphatic rings. The average molecular weight is 1010 g/mol. The summed E-state index contributed by atoms with van der Waals surface area (Å²) in [5.74, 6) is -6.38. The van der Waals surface area contributed by atoms with Crippen molar-refractivity contribution in [3.63, 3.8) is 0 Å². The lowest BCUT2D eigenvalue weighted by Crippen LogP contribution is -2.43. The quantitative estimate of drug-likeness (QED) is 0.0391. The number of aliphatic carboxylic acids is 4. The summed E-state index contributed by atoms with van der Waals surface area (Å²) in [6, 6.07) is -3.13. The fourth-order valence-electron chi connectivity index (χ4n) is 6.87. The summed E-state index contributed by atoms with van der Waals surface area (Å²) in [5.41, 5.74) is 0. The van der Waals surface area contributed by atoms with E-state index < -0.39 is 60.4 Å². The molecule has 0 spiro atoms. The van der Waals surface area contributed by atoms with Crippen molar-refractivity contribution >= 4 is 53.4 Å². The molecule has 0 aliphatic carbocycles. The first-order valence-corrected chi connectivity index (χ1v) is 24.9. The number of unbranched alkanes of at least 4 members (excludes halogenated alkanes) is 14. The SMILES string of the molecule is CN[C@@H](CCCCNC(=O)CC[C@H](NC(=O)COCCOCCNC(=O)COCCOCCNC(=O)CC[C@H](NC(=O)CCCCCCCCCCCCCCCCC(=O)O)C(=O)O)C(=O)O)C(=O)O. The molecule has 0 bridgehead atoms. The molecule has 0 saturated heterocycles. The molecule has 0 heterocycles. The van der Waals surface area contributed by atoms with Gasteiger partial charge in [-0.3, -0.25) is 33.6 Å². The van der Waals surface area contributed by atoms with E-state index in [1.165, 1.54) is 32.1 Å². The number of hydrogen-bond acceptors (Lipinski definition) is 14. The third-order valence-electron chi connectivity index (χ3n) is 10.9. The van der Waals surface area contributed by atoms with Crippen LogP contribution in [0.2, 0.25) is 0 Å². The van der Waals surface area contributed by atoms with Gasteiger partial charge in [-0.05, 0) is 52.0 Å². The Labute approximate surface area is 412 Å². The molecule has 0 aliphatic heterocycles. The molecule has 70 heavy (non-hydrogen) atoms. The first-order valence-electron chi connectivity index (χ1n) is 24.9. The normalized spacial score (nSPS) is 12.3. The average Bonchev–Trinajstić information content (AvgIpc) is 3.31. The topological polar surface area (TPSA) is 344 Å². The molecule has 0 unspecified atom stereocenters. The van der Waals surface area contributed by atoms with Crippen LogP contribution in [0.3, 0.4) is 0 Å². The summed E-state index contributed by atoms with van der Waals surface area (Å²) in [7, 11) is 1.55. The Morgan fingerprint density at radius 2 is 0.743 bits per heavy atom. The van der Waals surface area contributed by atoms with Gasteiger partial charge in [0, 0.05) is 45.3 Å². The molecule has 0 saturated carbocycles. The molecule has 5 amide bonds. The highest BCUT2D eigenvalue weighted by atomic mass is 16.5. The van der Waals surface area contributed by atoms with Crippen molar-refractivity contribution in [2.75, 3.05) is 79.5 Å². The summed E-state index contributed by atoms with van der Waals surface area (Å²) in [6.45, 7) is 0.713. The van der Waals surface area contributed by atoms with Crippen LogP contribution in [0.5, 0.6) is 0 Å². The lowest BCUT2D eigenvalue weighted by molar-refractivity contribution is -0.143. The van der Waals surface area contributed by atoms with Gasteiger partial charge in [0.15, 0.2) is 0 Å². The van der Waals surface area contributed by atoms with Crippen molar-refractivity contribution in [2.45, 2.75) is 166 Å². The Hall–Kier alpha value is -4.97. The Bertz CT molecular complexity index is 1490. The van der Waals surface area contributed by atoms with E-state index in [-0.39, 0.29) is 116 Å². The van der Waals surface area contributed by atoms with Gasteiger partial charge in [-0.25, -0.2) is 9.59 Å². The third-order valence-corrected chi connectivity index (χ3v) is 10.9. The molecule has 23 heteroatoms. The van der Waals surface area contributed by atoms with Crippen LogP contribution in [0.1, 0.15) is 148 Å². The number of carboxylic acid groups (broad SMARTS) is 4. The predicted molar refractivity (Wildman–Crippen MR) is 256 cm³/mol. The number of ether oxygens (including phenoxy) is 4. The number of rotatable bonds is 50. The highest BCUT2D eigenvalue weighted by Crippen LogP contribution is 2.14. The van der Waals surface area contributed by atoms with E-state index in [1.54, 1.807) is 7.05 Å². The highest BCUT2D eigenvalue weighted by molar-refractivity contribution is 5.85. The van der Waals surface area contributed by atoms with Gasteiger partial charge in [-0.1, -0.05) is 77.0 Å². The van der Waals surface area contributed by atoms with E-state index in [1.807, 2.05) is 0 Å². The van der Waals surface area contributed by atoms with Crippen molar-refractivity contribution < 1.29 is 82.5 Å². The third kappa shape index (κ3) is 42.0. The Kier molecular flexibility index (Phi) is 42.0. The minimum atomic E-state index is -1.30. The number of carbonyl (C=O) groups excluding carboxylic acids is 5. The molecule has 0 radical (unpaired) electrons. The monoisotopic (exact) mass is 1000 g/mol. The molecular formula is C47H84N6O17. The van der Waals surface area contributed by atoms with E-state index in [0.717, 1.165) is 51.4 Å². The Morgan fingerprint density at radius 1 is 0.357 bits per heavy atom. The number of carbonyl (C=O) groups is 9. The minimum absolute atomic E-state index is 0.0217. The summed E-state index contributed by atoms with van der Waals surface area (Å²) < 4.78 is 21.2. The second kappa shape index (κ2) is 45.2. The van der Waals surface area contributed by atoms with Gasteiger partial charge in [-0.15, -0.1) is 0 Å². The Morgan fingerprint density at radius 3 is 1.19 bits per heavy atom. The van der Waals surface area contributed by atoms with Crippen molar-refractivity contribution in [1.82, 2.24) is 31.9 Å². The van der Waals surface area contributed by atoms with E-state index in [9.17, 15) is 53.4 Å².